The largest absolute Gasteiger partial charge is 0.380 e. The number of nitrogens with zero attached hydrogens (tertiary/aromatic N) is 1. The summed E-state index contributed by atoms with van der Waals surface area (Å²) in [5.74, 6) is -0.220. The summed E-state index contributed by atoms with van der Waals surface area (Å²) >= 11 is 0. The zero-order chi connectivity index (χ0) is 13.0. The topological polar surface area (TPSA) is 67.6 Å². The Morgan fingerprint density at radius 1 is 1.50 bits per heavy atom. The van der Waals surface area contributed by atoms with Gasteiger partial charge in [-0.25, -0.2) is 0 Å². The second-order valence-corrected chi connectivity index (χ2v) is 5.49. The molecule has 1 saturated heterocycles. The van der Waals surface area contributed by atoms with Crippen LogP contribution in [-0.4, -0.2) is 55.7 Å². The molecule has 2 aliphatic rings. The van der Waals surface area contributed by atoms with E-state index in [1.54, 1.807) is 7.11 Å². The van der Waals surface area contributed by atoms with Crippen molar-refractivity contribution in [2.45, 2.75) is 50.3 Å². The Labute approximate surface area is 109 Å². The zero-order valence-electron chi connectivity index (χ0n) is 11.2. The number of piperidine rings is 1. The Bertz CT molecular complexity index is 281. The lowest BCUT2D eigenvalue weighted by Crippen LogP contribution is -2.46. The lowest BCUT2D eigenvalue weighted by molar-refractivity contribution is -0.120. The highest BCUT2D eigenvalue weighted by molar-refractivity contribution is 5.79. The molecule has 2 rings (SSSR count). The van der Waals surface area contributed by atoms with Crippen LogP contribution < -0.4 is 11.1 Å². The highest BCUT2D eigenvalue weighted by Crippen LogP contribution is 2.20. The number of hydrogen-bond donors (Lipinski definition) is 2. The van der Waals surface area contributed by atoms with E-state index in [0.29, 0.717) is 12.1 Å². The smallest absolute Gasteiger partial charge is 0.234 e. The van der Waals surface area contributed by atoms with Crippen molar-refractivity contribution < 1.29 is 9.53 Å². The molecular weight excluding hydrogens is 230 g/mol. The molecule has 2 atom stereocenters. The molecule has 0 bridgehead atoms. The van der Waals surface area contributed by atoms with Crippen LogP contribution in [0.4, 0.5) is 0 Å². The van der Waals surface area contributed by atoms with Gasteiger partial charge in [0.05, 0.1) is 12.1 Å². The van der Waals surface area contributed by atoms with Crippen LogP contribution in [-0.2, 0) is 9.53 Å². The highest BCUT2D eigenvalue weighted by atomic mass is 16.5. The van der Waals surface area contributed by atoms with Crippen LogP contribution in [0.5, 0.6) is 0 Å². The van der Waals surface area contributed by atoms with Crippen molar-refractivity contribution in [1.82, 2.24) is 10.2 Å². The van der Waals surface area contributed by atoms with Crippen molar-refractivity contribution >= 4 is 5.91 Å². The van der Waals surface area contributed by atoms with E-state index >= 15 is 0 Å². The van der Waals surface area contributed by atoms with Gasteiger partial charge in [-0.2, -0.15) is 0 Å². The Morgan fingerprint density at radius 2 is 2.28 bits per heavy atom. The van der Waals surface area contributed by atoms with E-state index in [1.165, 1.54) is 19.3 Å². The molecule has 0 radical (unpaired) electrons. The molecule has 2 fully saturated rings. The molecule has 1 aliphatic heterocycles. The van der Waals surface area contributed by atoms with Crippen LogP contribution in [0.2, 0.25) is 0 Å². The average Bonchev–Trinajstić information content (AvgIpc) is 3.18. The van der Waals surface area contributed by atoms with E-state index in [2.05, 4.69) is 10.2 Å². The molecule has 5 heteroatoms. The first-order valence-electron chi connectivity index (χ1n) is 6.99. The first kappa shape index (κ1) is 13.8. The van der Waals surface area contributed by atoms with E-state index in [1.807, 2.05) is 0 Å². The van der Waals surface area contributed by atoms with Crippen molar-refractivity contribution in [3.05, 3.63) is 0 Å². The third kappa shape index (κ3) is 4.23. The number of rotatable bonds is 7. The molecule has 3 N–H and O–H groups in total. The van der Waals surface area contributed by atoms with Gasteiger partial charge in [-0.1, -0.05) is 0 Å². The molecule has 104 valence electrons. The fourth-order valence-electron chi connectivity index (χ4n) is 2.56. The molecule has 1 amide bonds. The minimum Gasteiger partial charge on any atom is -0.380 e. The number of primary amides is 1. The van der Waals surface area contributed by atoms with Gasteiger partial charge in [0.1, 0.15) is 0 Å². The molecule has 0 aromatic carbocycles. The van der Waals surface area contributed by atoms with Crippen LogP contribution in [0.15, 0.2) is 0 Å². The van der Waals surface area contributed by atoms with Crippen molar-refractivity contribution in [2.75, 3.05) is 26.7 Å². The summed E-state index contributed by atoms with van der Waals surface area (Å²) in [7, 11) is 1.77. The second kappa shape index (κ2) is 6.50. The first-order valence-corrected chi connectivity index (χ1v) is 6.99. The van der Waals surface area contributed by atoms with Gasteiger partial charge in [0, 0.05) is 26.2 Å². The quantitative estimate of drug-likeness (QED) is 0.677. The first-order chi connectivity index (χ1) is 8.69. The van der Waals surface area contributed by atoms with E-state index in [9.17, 15) is 4.79 Å². The Morgan fingerprint density at radius 3 is 2.89 bits per heavy atom. The molecular formula is C13H25N3O2. The fraction of sp³-hybridized carbons (Fsp3) is 0.923. The lowest BCUT2D eigenvalue weighted by atomic mass is 10.1. The fourth-order valence-corrected chi connectivity index (χ4v) is 2.56. The molecule has 0 aromatic heterocycles. The van der Waals surface area contributed by atoms with Crippen LogP contribution in [0.1, 0.15) is 32.1 Å². The standard InChI is InChI=1S/C13H25N3O2/c1-18-11-3-2-7-16(9-11)8-6-12(13(14)17)15-10-4-5-10/h10-12,15H,2-9H2,1H3,(H2,14,17). The van der Waals surface area contributed by atoms with E-state index in [0.717, 1.165) is 32.5 Å². The monoisotopic (exact) mass is 255 g/mol. The molecule has 1 aliphatic carbocycles. The predicted octanol–water partition coefficient (Wildman–Crippen LogP) is 0.0932. The minimum absolute atomic E-state index is 0.166. The minimum atomic E-state index is -0.220. The van der Waals surface area contributed by atoms with Crippen molar-refractivity contribution in [2.24, 2.45) is 5.73 Å². The van der Waals surface area contributed by atoms with Gasteiger partial charge in [-0.3, -0.25) is 4.79 Å². The maximum atomic E-state index is 11.4. The summed E-state index contributed by atoms with van der Waals surface area (Å²) in [6.45, 7) is 3.01. The summed E-state index contributed by atoms with van der Waals surface area (Å²) in [5, 5.41) is 3.32. The van der Waals surface area contributed by atoms with Gasteiger partial charge < -0.3 is 20.7 Å². The molecule has 2 unspecified atom stereocenters. The zero-order valence-corrected chi connectivity index (χ0v) is 11.2. The van der Waals surface area contributed by atoms with Gasteiger partial charge in [0.25, 0.3) is 0 Å². The van der Waals surface area contributed by atoms with Gasteiger partial charge >= 0.3 is 0 Å². The summed E-state index contributed by atoms with van der Waals surface area (Å²) in [5.41, 5.74) is 5.44. The normalized spacial score (nSPS) is 27.1. The molecule has 18 heavy (non-hydrogen) atoms. The summed E-state index contributed by atoms with van der Waals surface area (Å²) in [6, 6.07) is 0.357. The number of nitrogens with two attached hydrogens (primary N) is 1. The SMILES string of the molecule is COC1CCCN(CCC(NC2CC2)C(N)=O)C1. The molecule has 5 nitrogen and oxygen atoms in total. The van der Waals surface area contributed by atoms with Gasteiger partial charge in [0.2, 0.25) is 5.91 Å². The maximum absolute atomic E-state index is 11.4. The van der Waals surface area contributed by atoms with Crippen LogP contribution in [0.3, 0.4) is 0 Å². The summed E-state index contributed by atoms with van der Waals surface area (Å²) < 4.78 is 5.40. The number of ether oxygens (including phenoxy) is 1. The number of methoxy groups -OCH3 is 1. The second-order valence-electron chi connectivity index (χ2n) is 5.49. The Balaban J connectivity index is 1.72. The predicted molar refractivity (Wildman–Crippen MR) is 70.2 cm³/mol. The number of carbonyl (C=O) groups is 1. The third-order valence-electron chi connectivity index (χ3n) is 3.89. The van der Waals surface area contributed by atoms with Crippen molar-refractivity contribution in [3.63, 3.8) is 0 Å². The van der Waals surface area contributed by atoms with Crippen LogP contribution in [0.25, 0.3) is 0 Å². The third-order valence-corrected chi connectivity index (χ3v) is 3.89. The van der Waals surface area contributed by atoms with Gasteiger partial charge in [-0.15, -0.1) is 0 Å². The summed E-state index contributed by atoms with van der Waals surface area (Å²) in [6.07, 6.45) is 5.84. The van der Waals surface area contributed by atoms with Gasteiger partial charge in [-0.05, 0) is 38.6 Å². The van der Waals surface area contributed by atoms with Crippen molar-refractivity contribution in [1.29, 1.82) is 0 Å². The molecule has 1 heterocycles. The average molecular weight is 255 g/mol. The van der Waals surface area contributed by atoms with E-state index in [4.69, 9.17) is 10.5 Å². The molecule has 1 saturated carbocycles. The van der Waals surface area contributed by atoms with E-state index < -0.39 is 0 Å². The number of nitrogens with one attached hydrogen (secondary N) is 1. The molecule has 0 aromatic rings. The van der Waals surface area contributed by atoms with Crippen molar-refractivity contribution in [3.8, 4) is 0 Å². The number of hydrogen-bond acceptors (Lipinski definition) is 4. The molecule has 0 spiro atoms. The maximum Gasteiger partial charge on any atom is 0.234 e. The summed E-state index contributed by atoms with van der Waals surface area (Å²) in [4.78, 5) is 13.7. The van der Waals surface area contributed by atoms with Crippen LogP contribution in [0, 0.1) is 0 Å². The number of likely N-dealkylation sites (tertiary alicyclic amines) is 1. The van der Waals surface area contributed by atoms with Crippen LogP contribution >= 0.6 is 0 Å². The number of amides is 1. The van der Waals surface area contributed by atoms with Gasteiger partial charge in [0.15, 0.2) is 0 Å². The Kier molecular flexibility index (Phi) is 4.97. The Hall–Kier alpha value is -0.650. The lowest BCUT2D eigenvalue weighted by Gasteiger charge is -2.32. The van der Waals surface area contributed by atoms with E-state index in [-0.39, 0.29) is 11.9 Å². The highest BCUT2D eigenvalue weighted by Gasteiger charge is 2.28. The number of carbonyl (C=O) groups excluding carboxylic acids is 1.